The third-order valence-corrected chi connectivity index (χ3v) is 3.72. The van der Waals surface area contributed by atoms with Crippen molar-refractivity contribution in [1.82, 2.24) is 0 Å². The average molecular weight is 252 g/mol. The number of halogens is 2. The van der Waals surface area contributed by atoms with Crippen molar-refractivity contribution < 1.29 is 8.42 Å². The zero-order chi connectivity index (χ0) is 10.9. The van der Waals surface area contributed by atoms with E-state index in [0.717, 1.165) is 5.41 Å². The van der Waals surface area contributed by atoms with Crippen LogP contribution in [0.1, 0.15) is 0 Å². The summed E-state index contributed by atoms with van der Waals surface area (Å²) in [5.74, 6) is 0. The summed E-state index contributed by atoms with van der Waals surface area (Å²) in [6, 6.07) is 2.50. The van der Waals surface area contributed by atoms with Crippen molar-refractivity contribution in [3.05, 3.63) is 34.2 Å². The molecular weight excluding hydrogens is 245 g/mol. The fourth-order valence-electron chi connectivity index (χ4n) is 0.852. The topological polar surface area (TPSA) is 60.2 Å². The van der Waals surface area contributed by atoms with Crippen LogP contribution < -0.4 is 5.73 Å². The van der Waals surface area contributed by atoms with Crippen LogP contribution in [0.2, 0.25) is 10.0 Å². The van der Waals surface area contributed by atoms with Crippen molar-refractivity contribution in [3.8, 4) is 0 Å². The Morgan fingerprint density at radius 2 is 1.86 bits per heavy atom. The highest BCUT2D eigenvalue weighted by molar-refractivity contribution is 7.94. The molecule has 3 nitrogen and oxygen atoms in total. The van der Waals surface area contributed by atoms with E-state index in [-0.39, 0.29) is 20.6 Å². The fraction of sp³-hybridized carbons (Fsp3) is 0. The molecule has 0 spiro atoms. The van der Waals surface area contributed by atoms with Crippen LogP contribution in [-0.2, 0) is 9.84 Å². The molecule has 6 heteroatoms. The van der Waals surface area contributed by atoms with Gasteiger partial charge in [0.2, 0.25) is 9.84 Å². The average Bonchev–Trinajstić information content (AvgIpc) is 2.11. The van der Waals surface area contributed by atoms with Crippen LogP contribution in [0.3, 0.4) is 0 Å². The normalized spacial score (nSPS) is 11.3. The molecule has 14 heavy (non-hydrogen) atoms. The van der Waals surface area contributed by atoms with Gasteiger partial charge in [-0.25, -0.2) is 8.42 Å². The third-order valence-electron chi connectivity index (χ3n) is 1.58. The van der Waals surface area contributed by atoms with Gasteiger partial charge in [0.1, 0.15) is 0 Å². The predicted molar refractivity (Wildman–Crippen MR) is 58.3 cm³/mol. The molecule has 1 aromatic rings. The first kappa shape index (κ1) is 11.4. The zero-order valence-electron chi connectivity index (χ0n) is 7.00. The lowest BCUT2D eigenvalue weighted by molar-refractivity contribution is 0.605. The lowest BCUT2D eigenvalue weighted by Gasteiger charge is -2.04. The van der Waals surface area contributed by atoms with Gasteiger partial charge in [-0.3, -0.25) is 0 Å². The molecule has 0 radical (unpaired) electrons. The van der Waals surface area contributed by atoms with Crippen LogP contribution in [0.25, 0.3) is 0 Å². The summed E-state index contributed by atoms with van der Waals surface area (Å²) in [6.07, 6.45) is 0. The molecule has 0 heterocycles. The van der Waals surface area contributed by atoms with E-state index in [4.69, 9.17) is 28.9 Å². The Labute approximate surface area is 92.0 Å². The number of anilines is 1. The van der Waals surface area contributed by atoms with Crippen LogP contribution in [-0.4, -0.2) is 8.42 Å². The van der Waals surface area contributed by atoms with Gasteiger partial charge < -0.3 is 5.73 Å². The maximum absolute atomic E-state index is 11.4. The van der Waals surface area contributed by atoms with E-state index >= 15 is 0 Å². The number of benzene rings is 1. The van der Waals surface area contributed by atoms with Gasteiger partial charge in [-0.1, -0.05) is 29.8 Å². The number of nitrogen functional groups attached to an aromatic ring is 1. The minimum absolute atomic E-state index is 0.0341. The Morgan fingerprint density at radius 1 is 1.29 bits per heavy atom. The van der Waals surface area contributed by atoms with Crippen LogP contribution in [0, 0.1) is 0 Å². The second-order valence-corrected chi connectivity index (χ2v) is 5.19. The monoisotopic (exact) mass is 251 g/mol. The van der Waals surface area contributed by atoms with Crippen molar-refractivity contribution in [3.63, 3.8) is 0 Å². The highest BCUT2D eigenvalue weighted by atomic mass is 35.5. The Balaban J connectivity index is 3.52. The van der Waals surface area contributed by atoms with Crippen molar-refractivity contribution in [1.29, 1.82) is 0 Å². The quantitative estimate of drug-likeness (QED) is 0.822. The molecular formula is C8H7Cl2NO2S. The minimum atomic E-state index is -3.58. The first-order valence-electron chi connectivity index (χ1n) is 3.50. The standard InChI is InChI=1S/C8H7Cl2NO2S/c1-2-14(12,13)8-4-5(9)7(11)3-6(8)10/h2-4H,1,11H2. The molecule has 0 bridgehead atoms. The Kier molecular flexibility index (Phi) is 3.09. The highest BCUT2D eigenvalue weighted by Gasteiger charge is 2.16. The number of rotatable bonds is 2. The van der Waals surface area contributed by atoms with Gasteiger partial charge in [0, 0.05) is 5.41 Å². The van der Waals surface area contributed by atoms with Crippen LogP contribution in [0.4, 0.5) is 5.69 Å². The summed E-state index contributed by atoms with van der Waals surface area (Å²) in [4.78, 5) is -0.0895. The number of sulfone groups is 1. The molecule has 0 aliphatic heterocycles. The lowest BCUT2D eigenvalue weighted by atomic mass is 10.3. The summed E-state index contributed by atoms with van der Waals surface area (Å²) < 4.78 is 22.8. The van der Waals surface area contributed by atoms with Gasteiger partial charge >= 0.3 is 0 Å². The zero-order valence-corrected chi connectivity index (χ0v) is 9.33. The van der Waals surface area contributed by atoms with Gasteiger partial charge in [0.25, 0.3) is 0 Å². The van der Waals surface area contributed by atoms with E-state index in [9.17, 15) is 8.42 Å². The van der Waals surface area contributed by atoms with Crippen LogP contribution in [0.15, 0.2) is 29.0 Å². The number of hydrogen-bond donors (Lipinski definition) is 1. The first-order chi connectivity index (χ1) is 6.38. The number of hydrogen-bond acceptors (Lipinski definition) is 3. The molecule has 0 fully saturated rings. The second-order valence-electron chi connectivity index (χ2n) is 2.52. The van der Waals surface area contributed by atoms with E-state index in [2.05, 4.69) is 6.58 Å². The summed E-state index contributed by atoms with van der Waals surface area (Å²) in [5.41, 5.74) is 5.67. The van der Waals surface area contributed by atoms with Gasteiger partial charge in [0.05, 0.1) is 20.6 Å². The second kappa shape index (κ2) is 3.81. The summed E-state index contributed by atoms with van der Waals surface area (Å²) >= 11 is 11.4. The Bertz CT molecular complexity index is 482. The van der Waals surface area contributed by atoms with Crippen molar-refractivity contribution in [2.45, 2.75) is 4.90 Å². The van der Waals surface area contributed by atoms with Crippen LogP contribution in [0.5, 0.6) is 0 Å². The molecule has 76 valence electrons. The molecule has 0 saturated carbocycles. The minimum Gasteiger partial charge on any atom is -0.397 e. The van der Waals surface area contributed by atoms with E-state index in [1.54, 1.807) is 0 Å². The van der Waals surface area contributed by atoms with Gasteiger partial charge in [-0.15, -0.1) is 0 Å². The smallest absolute Gasteiger partial charge is 0.200 e. The molecule has 1 rings (SSSR count). The Hall–Kier alpha value is -0.710. The summed E-state index contributed by atoms with van der Waals surface area (Å²) in [5, 5.41) is 0.988. The molecule has 0 unspecified atom stereocenters. The molecule has 0 atom stereocenters. The maximum Gasteiger partial charge on any atom is 0.200 e. The van der Waals surface area contributed by atoms with E-state index in [0.29, 0.717) is 0 Å². The highest BCUT2D eigenvalue weighted by Crippen LogP contribution is 2.30. The summed E-state index contributed by atoms with van der Waals surface area (Å²) in [7, 11) is -3.58. The molecule has 0 amide bonds. The maximum atomic E-state index is 11.4. The fourth-order valence-corrected chi connectivity index (χ4v) is 2.37. The molecule has 2 N–H and O–H groups in total. The van der Waals surface area contributed by atoms with Gasteiger partial charge in [-0.05, 0) is 12.1 Å². The summed E-state index contributed by atoms with van der Waals surface area (Å²) in [6.45, 7) is 3.18. The predicted octanol–water partition coefficient (Wildman–Crippen LogP) is 2.49. The molecule has 0 aliphatic carbocycles. The van der Waals surface area contributed by atoms with Crippen molar-refractivity contribution in [2.75, 3.05) is 5.73 Å². The SMILES string of the molecule is C=CS(=O)(=O)c1cc(Cl)c(N)cc1Cl. The molecule has 0 saturated heterocycles. The van der Waals surface area contributed by atoms with Gasteiger partial charge in [-0.2, -0.15) is 0 Å². The largest absolute Gasteiger partial charge is 0.397 e. The van der Waals surface area contributed by atoms with E-state index in [1.165, 1.54) is 12.1 Å². The molecule has 1 aromatic carbocycles. The molecule has 0 aliphatic rings. The van der Waals surface area contributed by atoms with Crippen molar-refractivity contribution in [2.24, 2.45) is 0 Å². The van der Waals surface area contributed by atoms with E-state index < -0.39 is 9.84 Å². The lowest BCUT2D eigenvalue weighted by Crippen LogP contribution is -1.98. The molecule has 0 aromatic heterocycles. The Morgan fingerprint density at radius 3 is 2.36 bits per heavy atom. The van der Waals surface area contributed by atoms with Crippen LogP contribution >= 0.6 is 23.2 Å². The first-order valence-corrected chi connectivity index (χ1v) is 5.80. The van der Waals surface area contributed by atoms with E-state index in [1.807, 2.05) is 0 Å². The third kappa shape index (κ3) is 2.03. The number of nitrogens with two attached hydrogens (primary N) is 1. The van der Waals surface area contributed by atoms with Crippen molar-refractivity contribution >= 4 is 38.7 Å². The van der Waals surface area contributed by atoms with Gasteiger partial charge in [0.15, 0.2) is 0 Å².